The second kappa shape index (κ2) is 8.64. The summed E-state index contributed by atoms with van der Waals surface area (Å²) in [6.45, 7) is 4.53. The van der Waals surface area contributed by atoms with Crippen LogP contribution < -0.4 is 4.74 Å². The largest absolute Gasteiger partial charge is 0.496 e. The number of sulfonamides is 1. The molecule has 0 saturated carbocycles. The lowest BCUT2D eigenvalue weighted by atomic mass is 10.0. The second-order valence-corrected chi connectivity index (χ2v) is 10.4. The Labute approximate surface area is 174 Å². The number of hydrogen-bond donors (Lipinski definition) is 0. The van der Waals surface area contributed by atoms with Gasteiger partial charge in [-0.2, -0.15) is 4.31 Å². The first-order valence-corrected chi connectivity index (χ1v) is 11.5. The Morgan fingerprint density at radius 2 is 1.79 bits per heavy atom. The van der Waals surface area contributed by atoms with E-state index in [0.29, 0.717) is 34.2 Å². The zero-order chi connectivity index (χ0) is 21.2. The maximum absolute atomic E-state index is 12.8. The van der Waals surface area contributed by atoms with Crippen molar-refractivity contribution < 1.29 is 22.7 Å². The molecule has 29 heavy (non-hydrogen) atoms. The number of carbonyl (C=O) groups is 2. The van der Waals surface area contributed by atoms with E-state index in [2.05, 4.69) is 0 Å². The molecule has 0 bridgehead atoms. The Bertz CT molecular complexity index is 1020. The van der Waals surface area contributed by atoms with Gasteiger partial charge in [0.25, 0.3) is 10.0 Å². The molecule has 0 aliphatic carbocycles. The molecule has 1 amide bonds. The number of ketones is 1. The highest BCUT2D eigenvalue weighted by Crippen LogP contribution is 2.26. The molecule has 1 aromatic heterocycles. The number of aryl methyl sites for hydroxylation is 1. The van der Waals surface area contributed by atoms with E-state index in [4.69, 9.17) is 4.74 Å². The second-order valence-electron chi connectivity index (χ2n) is 6.91. The lowest BCUT2D eigenvalue weighted by Crippen LogP contribution is -2.50. The molecule has 1 aromatic carbocycles. The van der Waals surface area contributed by atoms with Crippen molar-refractivity contribution in [2.45, 2.75) is 24.5 Å². The summed E-state index contributed by atoms with van der Waals surface area (Å²) < 4.78 is 32.6. The summed E-state index contributed by atoms with van der Waals surface area (Å²) in [4.78, 5) is 27.0. The smallest absolute Gasteiger partial charge is 0.252 e. The highest BCUT2D eigenvalue weighted by Gasteiger charge is 2.31. The third-order valence-corrected chi connectivity index (χ3v) is 8.30. The van der Waals surface area contributed by atoms with Crippen LogP contribution in [0.1, 0.15) is 27.7 Å². The fourth-order valence-electron chi connectivity index (χ4n) is 3.27. The molecular formula is C20H24N2O5S2. The van der Waals surface area contributed by atoms with Crippen molar-refractivity contribution in [3.05, 3.63) is 46.3 Å². The van der Waals surface area contributed by atoms with Gasteiger partial charge in [0.2, 0.25) is 5.91 Å². The molecule has 1 aliphatic heterocycles. The van der Waals surface area contributed by atoms with Crippen molar-refractivity contribution in [1.29, 1.82) is 0 Å². The monoisotopic (exact) mass is 436 g/mol. The number of rotatable bonds is 6. The molecule has 1 aliphatic rings. The van der Waals surface area contributed by atoms with E-state index in [1.54, 1.807) is 35.2 Å². The summed E-state index contributed by atoms with van der Waals surface area (Å²) in [5.41, 5.74) is 1.17. The van der Waals surface area contributed by atoms with E-state index < -0.39 is 10.0 Å². The predicted octanol–water partition coefficient (Wildman–Crippen LogP) is 2.34. The molecule has 0 spiro atoms. The first-order chi connectivity index (χ1) is 13.7. The molecule has 0 unspecified atom stereocenters. The quantitative estimate of drug-likeness (QED) is 0.649. The number of nitrogens with zero attached hydrogens (tertiary/aromatic N) is 2. The maximum atomic E-state index is 12.8. The number of Topliss-reactive ketones (excluding diaryl/α,β-unsaturated/α-hetero) is 1. The fourth-order valence-corrected chi connectivity index (χ4v) is 6.13. The fraction of sp³-hybridized carbons (Fsp3) is 0.400. The topological polar surface area (TPSA) is 84.0 Å². The van der Waals surface area contributed by atoms with Gasteiger partial charge in [0, 0.05) is 42.2 Å². The molecule has 9 heteroatoms. The Kier molecular flexibility index (Phi) is 6.40. The summed E-state index contributed by atoms with van der Waals surface area (Å²) in [7, 11) is -2.00. The highest BCUT2D eigenvalue weighted by atomic mass is 32.2. The number of methoxy groups -OCH3 is 1. The summed E-state index contributed by atoms with van der Waals surface area (Å²) in [6.07, 6.45) is 0.0984. The van der Waals surface area contributed by atoms with E-state index >= 15 is 0 Å². The van der Waals surface area contributed by atoms with Crippen LogP contribution in [0, 0.1) is 6.92 Å². The van der Waals surface area contributed by atoms with Crippen molar-refractivity contribution in [2.75, 3.05) is 33.3 Å². The van der Waals surface area contributed by atoms with Gasteiger partial charge in [-0.25, -0.2) is 8.42 Å². The van der Waals surface area contributed by atoms with Crippen LogP contribution >= 0.6 is 11.3 Å². The molecule has 156 valence electrons. The average Bonchev–Trinajstić information content (AvgIpc) is 3.15. The predicted molar refractivity (Wildman–Crippen MR) is 111 cm³/mol. The van der Waals surface area contributed by atoms with E-state index in [9.17, 15) is 18.0 Å². The number of amides is 1. The van der Waals surface area contributed by atoms with E-state index in [-0.39, 0.29) is 31.2 Å². The summed E-state index contributed by atoms with van der Waals surface area (Å²) in [6, 6.07) is 8.46. The summed E-state index contributed by atoms with van der Waals surface area (Å²) in [5.74, 6) is 0.356. The SMILES string of the molecule is COc1ccc(C(C)=O)cc1CC(=O)N1CCN(S(=O)(=O)c2ccc(C)s2)CC1. The molecule has 7 nitrogen and oxygen atoms in total. The number of ether oxygens (including phenoxy) is 1. The van der Waals surface area contributed by atoms with Crippen LogP contribution in [0.4, 0.5) is 0 Å². The zero-order valence-electron chi connectivity index (χ0n) is 16.7. The number of thiophene rings is 1. The Morgan fingerprint density at radius 1 is 1.10 bits per heavy atom. The lowest BCUT2D eigenvalue weighted by molar-refractivity contribution is -0.131. The first-order valence-electron chi connectivity index (χ1n) is 9.24. The van der Waals surface area contributed by atoms with Crippen molar-refractivity contribution in [1.82, 2.24) is 9.21 Å². The van der Waals surface area contributed by atoms with Gasteiger partial charge in [0.15, 0.2) is 5.78 Å². The minimum Gasteiger partial charge on any atom is -0.496 e. The maximum Gasteiger partial charge on any atom is 0.252 e. The van der Waals surface area contributed by atoms with Crippen molar-refractivity contribution in [3.8, 4) is 5.75 Å². The van der Waals surface area contributed by atoms with Gasteiger partial charge in [-0.1, -0.05) is 0 Å². The van der Waals surface area contributed by atoms with Gasteiger partial charge in [-0.05, 0) is 44.2 Å². The normalized spacial score (nSPS) is 15.3. The third-order valence-electron chi connectivity index (χ3n) is 4.93. The van der Waals surface area contributed by atoms with Gasteiger partial charge in [-0.15, -0.1) is 11.3 Å². The van der Waals surface area contributed by atoms with Crippen LogP contribution in [-0.4, -0.2) is 62.6 Å². The number of carbonyl (C=O) groups excluding carboxylic acids is 2. The highest BCUT2D eigenvalue weighted by molar-refractivity contribution is 7.91. The Morgan fingerprint density at radius 3 is 2.34 bits per heavy atom. The minimum absolute atomic E-state index is 0.0796. The molecule has 0 radical (unpaired) electrons. The van der Waals surface area contributed by atoms with Crippen molar-refractivity contribution >= 4 is 33.1 Å². The molecule has 1 fully saturated rings. The molecule has 2 aromatic rings. The van der Waals surface area contributed by atoms with Crippen LogP contribution in [0.25, 0.3) is 0 Å². The van der Waals surface area contributed by atoms with Gasteiger partial charge < -0.3 is 9.64 Å². The summed E-state index contributed by atoms with van der Waals surface area (Å²) in [5, 5.41) is 0. The molecule has 3 rings (SSSR count). The molecule has 2 heterocycles. The van der Waals surface area contributed by atoms with Gasteiger partial charge in [-0.3, -0.25) is 9.59 Å². The van der Waals surface area contributed by atoms with E-state index in [1.807, 2.05) is 6.92 Å². The van der Waals surface area contributed by atoms with Crippen LogP contribution in [0.15, 0.2) is 34.5 Å². The van der Waals surface area contributed by atoms with Crippen LogP contribution in [0.2, 0.25) is 0 Å². The third kappa shape index (κ3) is 4.68. The average molecular weight is 437 g/mol. The Balaban J connectivity index is 1.66. The number of piperazine rings is 1. The van der Waals surface area contributed by atoms with Gasteiger partial charge in [0.05, 0.1) is 13.5 Å². The standard InChI is InChI=1S/C20H24N2O5S2/c1-14-4-7-20(28-14)29(25,26)22-10-8-21(9-11-22)19(24)13-17-12-16(15(2)23)5-6-18(17)27-3/h4-7,12H,8-11,13H2,1-3H3. The van der Waals surface area contributed by atoms with E-state index in [0.717, 1.165) is 4.88 Å². The Hall–Kier alpha value is -2.23. The van der Waals surface area contributed by atoms with Gasteiger partial charge in [0.1, 0.15) is 9.96 Å². The van der Waals surface area contributed by atoms with Gasteiger partial charge >= 0.3 is 0 Å². The molecule has 1 saturated heterocycles. The minimum atomic E-state index is -3.52. The molecule has 0 atom stereocenters. The zero-order valence-corrected chi connectivity index (χ0v) is 18.3. The van der Waals surface area contributed by atoms with Crippen molar-refractivity contribution in [2.24, 2.45) is 0 Å². The number of benzene rings is 1. The van der Waals surface area contributed by atoms with Crippen molar-refractivity contribution in [3.63, 3.8) is 0 Å². The lowest BCUT2D eigenvalue weighted by Gasteiger charge is -2.33. The number of hydrogen-bond acceptors (Lipinski definition) is 6. The van der Waals surface area contributed by atoms with E-state index in [1.165, 1.54) is 29.7 Å². The summed E-state index contributed by atoms with van der Waals surface area (Å²) >= 11 is 1.25. The van der Waals surface area contributed by atoms with Crippen LogP contribution in [-0.2, 0) is 21.2 Å². The molecule has 0 N–H and O–H groups in total. The molecular weight excluding hydrogens is 412 g/mol. The van der Waals surface area contributed by atoms with Crippen LogP contribution in [0.3, 0.4) is 0 Å². The van der Waals surface area contributed by atoms with Crippen LogP contribution in [0.5, 0.6) is 5.75 Å². The first kappa shape index (κ1) is 21.5.